The highest BCUT2D eigenvalue weighted by Crippen LogP contribution is 2.30. The van der Waals surface area contributed by atoms with E-state index in [-0.39, 0.29) is 17.6 Å². The number of methoxy groups -OCH3 is 1. The normalized spacial score (nSPS) is 19.4. The van der Waals surface area contributed by atoms with E-state index in [0.717, 1.165) is 30.0 Å². The Morgan fingerprint density at radius 3 is 2.83 bits per heavy atom. The fourth-order valence-electron chi connectivity index (χ4n) is 4.15. The maximum absolute atomic E-state index is 13.6. The maximum atomic E-state index is 13.6. The standard InChI is InChI=1S/C22H24ClFN2O3/c1-28-20-5-3-19(24)12-16(20)13-25-6-8-26(9-7-25)22(27)17-10-15-11-18(23)2-4-21(15)29-14-17/h2-5,11-12,17H,6-10,13-14H2,1H3/p+1/t17-/m0/s1. The van der Waals surface area contributed by atoms with Crippen LogP contribution in [0.4, 0.5) is 4.39 Å². The summed E-state index contributed by atoms with van der Waals surface area (Å²) in [6.45, 7) is 4.10. The summed E-state index contributed by atoms with van der Waals surface area (Å²) in [5, 5.41) is 0.658. The van der Waals surface area contributed by atoms with E-state index in [9.17, 15) is 9.18 Å². The van der Waals surface area contributed by atoms with E-state index in [0.29, 0.717) is 43.4 Å². The molecule has 2 aliphatic heterocycles. The van der Waals surface area contributed by atoms with Crippen molar-refractivity contribution < 1.29 is 23.6 Å². The fourth-order valence-corrected chi connectivity index (χ4v) is 4.35. The molecular formula is C22H25ClFN2O3+. The number of nitrogens with zero attached hydrogens (tertiary/aromatic N) is 1. The van der Waals surface area contributed by atoms with Crippen molar-refractivity contribution in [3.8, 4) is 11.5 Å². The first kappa shape index (κ1) is 20.0. The van der Waals surface area contributed by atoms with Gasteiger partial charge in [-0.05, 0) is 48.4 Å². The largest absolute Gasteiger partial charge is 0.496 e. The van der Waals surface area contributed by atoms with Gasteiger partial charge in [0.25, 0.3) is 0 Å². The number of halogens is 2. The molecule has 1 fully saturated rings. The Labute approximate surface area is 175 Å². The van der Waals surface area contributed by atoms with Gasteiger partial charge in [-0.1, -0.05) is 11.6 Å². The molecule has 1 N–H and O–H groups in total. The molecule has 0 radical (unpaired) electrons. The minimum absolute atomic E-state index is 0.137. The summed E-state index contributed by atoms with van der Waals surface area (Å²) in [5.41, 5.74) is 1.85. The molecule has 0 spiro atoms. The molecular weight excluding hydrogens is 395 g/mol. The first-order valence-corrected chi connectivity index (χ1v) is 10.3. The van der Waals surface area contributed by atoms with Crippen molar-refractivity contribution in [1.82, 2.24) is 4.90 Å². The molecule has 154 valence electrons. The second-order valence-corrected chi connectivity index (χ2v) is 8.11. The van der Waals surface area contributed by atoms with Crippen molar-refractivity contribution in [3.63, 3.8) is 0 Å². The summed E-state index contributed by atoms with van der Waals surface area (Å²) in [4.78, 5) is 16.2. The Balaban J connectivity index is 1.34. The lowest BCUT2D eigenvalue weighted by molar-refractivity contribution is -0.917. The van der Waals surface area contributed by atoms with E-state index >= 15 is 0 Å². The average Bonchev–Trinajstić information content (AvgIpc) is 2.73. The van der Waals surface area contributed by atoms with Crippen LogP contribution in [0.2, 0.25) is 5.02 Å². The van der Waals surface area contributed by atoms with Crippen molar-refractivity contribution in [2.45, 2.75) is 13.0 Å². The number of amides is 1. The first-order chi connectivity index (χ1) is 14.0. The lowest BCUT2D eigenvalue weighted by atomic mass is 9.95. The summed E-state index contributed by atoms with van der Waals surface area (Å²) in [6, 6.07) is 10.2. The van der Waals surface area contributed by atoms with Crippen LogP contribution < -0.4 is 14.4 Å². The maximum Gasteiger partial charge on any atom is 0.229 e. The Morgan fingerprint density at radius 1 is 1.28 bits per heavy atom. The molecule has 0 aromatic heterocycles. The van der Waals surface area contributed by atoms with Gasteiger partial charge in [0.2, 0.25) is 5.91 Å². The van der Waals surface area contributed by atoms with E-state index in [1.165, 1.54) is 17.0 Å². The molecule has 4 rings (SSSR count). The molecule has 2 aromatic rings. The number of fused-ring (bicyclic) bond motifs is 1. The van der Waals surface area contributed by atoms with Crippen LogP contribution in [0.25, 0.3) is 0 Å². The Kier molecular flexibility index (Phi) is 5.92. The molecule has 2 aliphatic rings. The van der Waals surface area contributed by atoms with Gasteiger partial charge in [-0.3, -0.25) is 4.79 Å². The fraction of sp³-hybridized carbons (Fsp3) is 0.409. The third-order valence-corrected chi connectivity index (χ3v) is 5.98. The van der Waals surface area contributed by atoms with Gasteiger partial charge < -0.3 is 19.3 Å². The van der Waals surface area contributed by atoms with E-state index < -0.39 is 0 Å². The van der Waals surface area contributed by atoms with E-state index in [1.54, 1.807) is 19.2 Å². The minimum Gasteiger partial charge on any atom is -0.496 e. The molecule has 0 bridgehead atoms. The van der Waals surface area contributed by atoms with Gasteiger partial charge in [-0.25, -0.2) is 4.39 Å². The van der Waals surface area contributed by atoms with Crippen LogP contribution in [0.15, 0.2) is 36.4 Å². The van der Waals surface area contributed by atoms with Crippen LogP contribution in [-0.2, 0) is 17.8 Å². The molecule has 1 atom stereocenters. The highest BCUT2D eigenvalue weighted by atomic mass is 35.5. The quantitative estimate of drug-likeness (QED) is 0.824. The molecule has 29 heavy (non-hydrogen) atoms. The lowest BCUT2D eigenvalue weighted by Gasteiger charge is -2.35. The summed E-state index contributed by atoms with van der Waals surface area (Å²) >= 11 is 6.08. The summed E-state index contributed by atoms with van der Waals surface area (Å²) in [5.74, 6) is 1.22. The zero-order valence-corrected chi connectivity index (χ0v) is 17.2. The number of nitrogens with one attached hydrogen (secondary N) is 1. The number of hydrogen-bond acceptors (Lipinski definition) is 3. The van der Waals surface area contributed by atoms with Gasteiger partial charge in [0.1, 0.15) is 30.5 Å². The highest BCUT2D eigenvalue weighted by molar-refractivity contribution is 6.30. The third-order valence-electron chi connectivity index (χ3n) is 5.74. The number of piperazine rings is 1. The van der Waals surface area contributed by atoms with Crippen molar-refractivity contribution >= 4 is 17.5 Å². The predicted octanol–water partition coefficient (Wildman–Crippen LogP) is 1.97. The molecule has 7 heteroatoms. The average molecular weight is 420 g/mol. The molecule has 1 saturated heterocycles. The van der Waals surface area contributed by atoms with Crippen molar-refractivity contribution in [2.75, 3.05) is 39.9 Å². The number of carbonyl (C=O) groups excluding carboxylic acids is 1. The van der Waals surface area contributed by atoms with Crippen molar-refractivity contribution in [3.05, 3.63) is 58.4 Å². The number of carbonyl (C=O) groups is 1. The molecule has 0 saturated carbocycles. The Morgan fingerprint density at radius 2 is 2.07 bits per heavy atom. The molecule has 5 nitrogen and oxygen atoms in total. The van der Waals surface area contributed by atoms with Crippen LogP contribution >= 0.6 is 11.6 Å². The summed E-state index contributed by atoms with van der Waals surface area (Å²) in [7, 11) is 1.60. The summed E-state index contributed by atoms with van der Waals surface area (Å²) in [6.07, 6.45) is 0.655. The minimum atomic E-state index is -0.258. The Hall–Kier alpha value is -2.31. The van der Waals surface area contributed by atoms with Gasteiger partial charge in [-0.15, -0.1) is 0 Å². The van der Waals surface area contributed by atoms with Gasteiger partial charge >= 0.3 is 0 Å². The number of hydrogen-bond donors (Lipinski definition) is 1. The zero-order valence-electron chi connectivity index (χ0n) is 16.4. The van der Waals surface area contributed by atoms with Crippen LogP contribution in [0.5, 0.6) is 11.5 Å². The first-order valence-electron chi connectivity index (χ1n) is 9.89. The van der Waals surface area contributed by atoms with Crippen molar-refractivity contribution in [2.24, 2.45) is 5.92 Å². The zero-order chi connectivity index (χ0) is 20.4. The monoisotopic (exact) mass is 419 g/mol. The van der Waals surface area contributed by atoms with Crippen LogP contribution in [0.1, 0.15) is 11.1 Å². The second-order valence-electron chi connectivity index (χ2n) is 7.67. The van der Waals surface area contributed by atoms with Crippen LogP contribution in [0.3, 0.4) is 0 Å². The summed E-state index contributed by atoms with van der Waals surface area (Å²) < 4.78 is 24.7. The van der Waals surface area contributed by atoms with Gasteiger partial charge in [0, 0.05) is 5.02 Å². The molecule has 2 aromatic carbocycles. The number of quaternary nitrogens is 1. The molecule has 1 amide bonds. The Bertz CT molecular complexity index is 900. The lowest BCUT2D eigenvalue weighted by Crippen LogP contribution is -3.13. The molecule has 2 heterocycles. The van der Waals surface area contributed by atoms with E-state index in [1.807, 2.05) is 17.0 Å². The van der Waals surface area contributed by atoms with E-state index in [2.05, 4.69) is 0 Å². The number of ether oxygens (including phenoxy) is 2. The van der Waals surface area contributed by atoms with Crippen molar-refractivity contribution in [1.29, 1.82) is 0 Å². The van der Waals surface area contributed by atoms with Crippen LogP contribution in [0, 0.1) is 11.7 Å². The van der Waals surface area contributed by atoms with Gasteiger partial charge in [-0.2, -0.15) is 0 Å². The number of rotatable bonds is 4. The molecule has 0 aliphatic carbocycles. The number of benzene rings is 2. The second kappa shape index (κ2) is 8.59. The van der Waals surface area contributed by atoms with Gasteiger partial charge in [0.15, 0.2) is 0 Å². The SMILES string of the molecule is COc1ccc(F)cc1C[NH+]1CCN(C(=O)[C@@H]2COc3ccc(Cl)cc3C2)CC1. The third kappa shape index (κ3) is 4.49. The van der Waals surface area contributed by atoms with Gasteiger partial charge in [0.05, 0.1) is 44.8 Å². The van der Waals surface area contributed by atoms with Crippen LogP contribution in [-0.4, -0.2) is 50.7 Å². The van der Waals surface area contributed by atoms with E-state index in [4.69, 9.17) is 21.1 Å². The topological polar surface area (TPSA) is 43.2 Å². The predicted molar refractivity (Wildman–Crippen MR) is 108 cm³/mol. The molecule has 0 unspecified atom stereocenters. The smallest absolute Gasteiger partial charge is 0.229 e. The highest BCUT2D eigenvalue weighted by Gasteiger charge is 2.32.